The van der Waals surface area contributed by atoms with Gasteiger partial charge < -0.3 is 5.73 Å². The lowest BCUT2D eigenvalue weighted by Gasteiger charge is -2.04. The van der Waals surface area contributed by atoms with Crippen LogP contribution in [0.15, 0.2) is 12.4 Å². The minimum absolute atomic E-state index is 0.219. The third-order valence-corrected chi connectivity index (χ3v) is 1.85. The first-order valence-electron chi connectivity index (χ1n) is 4.04. The average molecular weight is 168 g/mol. The Kier molecular flexibility index (Phi) is 3.17. The largest absolute Gasteiger partial charge is 0.330 e. The highest BCUT2D eigenvalue weighted by Crippen LogP contribution is 2.12. The fourth-order valence-corrected chi connectivity index (χ4v) is 1.15. The second kappa shape index (κ2) is 4.16. The minimum atomic E-state index is -0.219. The van der Waals surface area contributed by atoms with E-state index in [1.54, 1.807) is 6.20 Å². The Morgan fingerprint density at radius 1 is 1.50 bits per heavy atom. The number of hydrogen-bond donors (Lipinski definition) is 1. The molecule has 0 aliphatic carbocycles. The van der Waals surface area contributed by atoms with Crippen LogP contribution in [-0.4, -0.2) is 11.5 Å². The highest BCUT2D eigenvalue weighted by atomic mass is 19.1. The molecule has 0 saturated heterocycles. The molecule has 1 rings (SSSR count). The maximum absolute atomic E-state index is 13.1. The monoisotopic (exact) mass is 168 g/mol. The molecule has 0 amide bonds. The molecule has 0 bridgehead atoms. The summed E-state index contributed by atoms with van der Waals surface area (Å²) in [5, 5.41) is 0. The fourth-order valence-electron chi connectivity index (χ4n) is 1.15. The van der Waals surface area contributed by atoms with Crippen LogP contribution >= 0.6 is 0 Å². The van der Waals surface area contributed by atoms with Gasteiger partial charge in [0.05, 0.1) is 6.20 Å². The summed E-state index contributed by atoms with van der Waals surface area (Å²) in [6.45, 7) is 2.46. The molecular weight excluding hydrogens is 155 g/mol. The molecule has 0 aromatic carbocycles. The van der Waals surface area contributed by atoms with E-state index in [0.29, 0.717) is 13.0 Å². The van der Waals surface area contributed by atoms with Gasteiger partial charge in [-0.2, -0.15) is 0 Å². The molecule has 3 heteroatoms. The van der Waals surface area contributed by atoms with Gasteiger partial charge in [0.2, 0.25) is 0 Å². The van der Waals surface area contributed by atoms with Crippen molar-refractivity contribution in [1.29, 1.82) is 0 Å². The van der Waals surface area contributed by atoms with E-state index >= 15 is 0 Å². The Morgan fingerprint density at radius 3 is 2.83 bits per heavy atom. The molecule has 12 heavy (non-hydrogen) atoms. The zero-order valence-corrected chi connectivity index (χ0v) is 7.18. The van der Waals surface area contributed by atoms with Gasteiger partial charge in [-0.3, -0.25) is 4.98 Å². The van der Waals surface area contributed by atoms with Crippen molar-refractivity contribution in [2.75, 3.05) is 6.54 Å². The van der Waals surface area contributed by atoms with Crippen LogP contribution in [0.2, 0.25) is 0 Å². The lowest BCUT2D eigenvalue weighted by Crippen LogP contribution is -2.03. The number of rotatable bonds is 3. The maximum atomic E-state index is 13.1. The van der Waals surface area contributed by atoms with Gasteiger partial charge >= 0.3 is 0 Å². The first-order chi connectivity index (χ1) is 5.75. The van der Waals surface area contributed by atoms with Gasteiger partial charge in [0, 0.05) is 6.20 Å². The molecule has 2 N–H and O–H groups in total. The SMILES string of the molecule is Cc1cncc(F)c1CCCN. The van der Waals surface area contributed by atoms with Gasteiger partial charge in [-0.15, -0.1) is 0 Å². The van der Waals surface area contributed by atoms with Crippen molar-refractivity contribution < 1.29 is 4.39 Å². The van der Waals surface area contributed by atoms with E-state index in [1.807, 2.05) is 6.92 Å². The van der Waals surface area contributed by atoms with Crippen molar-refractivity contribution >= 4 is 0 Å². The van der Waals surface area contributed by atoms with Gasteiger partial charge in [-0.25, -0.2) is 4.39 Å². The predicted molar refractivity (Wildman–Crippen MR) is 46.3 cm³/mol. The topological polar surface area (TPSA) is 38.9 Å². The van der Waals surface area contributed by atoms with E-state index in [1.165, 1.54) is 6.20 Å². The van der Waals surface area contributed by atoms with Crippen molar-refractivity contribution in [2.45, 2.75) is 19.8 Å². The van der Waals surface area contributed by atoms with Gasteiger partial charge in [0.15, 0.2) is 0 Å². The molecule has 0 radical (unpaired) electrons. The molecule has 0 atom stereocenters. The van der Waals surface area contributed by atoms with Crippen LogP contribution in [0.1, 0.15) is 17.5 Å². The number of nitrogens with two attached hydrogens (primary N) is 1. The van der Waals surface area contributed by atoms with Crippen molar-refractivity contribution in [1.82, 2.24) is 4.98 Å². The van der Waals surface area contributed by atoms with Crippen molar-refractivity contribution in [3.63, 3.8) is 0 Å². The summed E-state index contributed by atoms with van der Waals surface area (Å²) in [6.07, 6.45) is 4.45. The number of aryl methyl sites for hydroxylation is 1. The molecule has 0 saturated carbocycles. The predicted octanol–water partition coefficient (Wildman–Crippen LogP) is 1.42. The Labute approximate surface area is 71.6 Å². The van der Waals surface area contributed by atoms with Gasteiger partial charge in [0.1, 0.15) is 5.82 Å². The van der Waals surface area contributed by atoms with E-state index in [-0.39, 0.29) is 5.82 Å². The van der Waals surface area contributed by atoms with Gasteiger partial charge in [-0.1, -0.05) is 0 Å². The lowest BCUT2D eigenvalue weighted by molar-refractivity contribution is 0.596. The number of hydrogen-bond acceptors (Lipinski definition) is 2. The Hall–Kier alpha value is -0.960. The van der Waals surface area contributed by atoms with Gasteiger partial charge in [-0.05, 0) is 37.4 Å². The van der Waals surface area contributed by atoms with Crippen LogP contribution in [0, 0.1) is 12.7 Å². The second-order valence-electron chi connectivity index (χ2n) is 2.81. The molecule has 0 aliphatic rings. The number of aromatic nitrogens is 1. The molecule has 0 unspecified atom stereocenters. The molecule has 2 nitrogen and oxygen atoms in total. The third kappa shape index (κ3) is 2.01. The molecular formula is C9H13FN2. The summed E-state index contributed by atoms with van der Waals surface area (Å²) in [7, 11) is 0. The third-order valence-electron chi connectivity index (χ3n) is 1.85. The lowest BCUT2D eigenvalue weighted by atomic mass is 10.1. The quantitative estimate of drug-likeness (QED) is 0.741. The number of pyridine rings is 1. The van der Waals surface area contributed by atoms with E-state index in [0.717, 1.165) is 17.5 Å². The smallest absolute Gasteiger partial charge is 0.144 e. The Balaban J connectivity index is 2.81. The number of nitrogens with zero attached hydrogens (tertiary/aromatic N) is 1. The summed E-state index contributed by atoms with van der Waals surface area (Å²) in [5.41, 5.74) is 6.99. The highest BCUT2D eigenvalue weighted by Gasteiger charge is 2.04. The van der Waals surface area contributed by atoms with Crippen molar-refractivity contribution in [3.05, 3.63) is 29.3 Å². The van der Waals surface area contributed by atoms with Gasteiger partial charge in [0.25, 0.3) is 0 Å². The summed E-state index contributed by atoms with van der Waals surface area (Å²) in [6, 6.07) is 0. The van der Waals surface area contributed by atoms with Crippen molar-refractivity contribution in [3.8, 4) is 0 Å². The molecule has 0 aliphatic heterocycles. The van der Waals surface area contributed by atoms with E-state index in [2.05, 4.69) is 4.98 Å². The standard InChI is InChI=1S/C9H13FN2/c1-7-5-12-6-9(10)8(7)3-2-4-11/h5-6H,2-4,11H2,1H3. The van der Waals surface area contributed by atoms with E-state index in [9.17, 15) is 4.39 Å². The zero-order valence-electron chi connectivity index (χ0n) is 7.18. The highest BCUT2D eigenvalue weighted by molar-refractivity contribution is 5.23. The first kappa shape index (κ1) is 9.13. The van der Waals surface area contributed by atoms with E-state index < -0.39 is 0 Å². The molecule has 0 fully saturated rings. The normalized spacial score (nSPS) is 10.2. The summed E-state index contributed by atoms with van der Waals surface area (Å²) >= 11 is 0. The van der Waals surface area contributed by atoms with Crippen LogP contribution in [0.5, 0.6) is 0 Å². The fraction of sp³-hybridized carbons (Fsp3) is 0.444. The molecule has 1 heterocycles. The summed E-state index contributed by atoms with van der Waals surface area (Å²) in [5.74, 6) is -0.219. The molecule has 1 aromatic heterocycles. The Morgan fingerprint density at radius 2 is 2.25 bits per heavy atom. The molecule has 0 spiro atoms. The average Bonchev–Trinajstić information content (AvgIpc) is 2.04. The van der Waals surface area contributed by atoms with Crippen LogP contribution < -0.4 is 5.73 Å². The minimum Gasteiger partial charge on any atom is -0.330 e. The van der Waals surface area contributed by atoms with Crippen LogP contribution in [-0.2, 0) is 6.42 Å². The van der Waals surface area contributed by atoms with Crippen molar-refractivity contribution in [2.24, 2.45) is 5.73 Å². The molecule has 1 aromatic rings. The van der Waals surface area contributed by atoms with Crippen LogP contribution in [0.4, 0.5) is 4.39 Å². The van der Waals surface area contributed by atoms with Crippen LogP contribution in [0.25, 0.3) is 0 Å². The second-order valence-corrected chi connectivity index (χ2v) is 2.81. The first-order valence-corrected chi connectivity index (χ1v) is 4.04. The zero-order chi connectivity index (χ0) is 8.97. The Bertz CT molecular complexity index is 240. The maximum Gasteiger partial charge on any atom is 0.144 e. The van der Waals surface area contributed by atoms with Crippen LogP contribution in [0.3, 0.4) is 0 Å². The summed E-state index contributed by atoms with van der Waals surface area (Å²) in [4.78, 5) is 3.75. The molecule has 66 valence electrons. The summed E-state index contributed by atoms with van der Waals surface area (Å²) < 4.78 is 13.1. The van der Waals surface area contributed by atoms with E-state index in [4.69, 9.17) is 5.73 Å². The number of halogens is 1.